The van der Waals surface area contributed by atoms with Gasteiger partial charge in [0.15, 0.2) is 5.75 Å². The average molecular weight is 572 g/mol. The summed E-state index contributed by atoms with van der Waals surface area (Å²) in [5, 5.41) is 11.6. The average Bonchev–Trinajstić information content (AvgIpc) is 3.32. The zero-order valence-corrected chi connectivity index (χ0v) is 22.6. The van der Waals surface area contributed by atoms with Crippen LogP contribution in [0.25, 0.3) is 21.0 Å². The molecule has 0 radical (unpaired) electrons. The van der Waals surface area contributed by atoms with Gasteiger partial charge in [0.1, 0.15) is 10.3 Å². The van der Waals surface area contributed by atoms with Gasteiger partial charge in [-0.3, -0.25) is 14.5 Å². The highest BCUT2D eigenvalue weighted by atomic mass is 32.1. The summed E-state index contributed by atoms with van der Waals surface area (Å²) in [6.07, 6.45) is -2.30. The van der Waals surface area contributed by atoms with Crippen LogP contribution in [0.2, 0.25) is 0 Å². The van der Waals surface area contributed by atoms with E-state index in [-0.39, 0.29) is 11.5 Å². The lowest BCUT2D eigenvalue weighted by atomic mass is 10.1. The third-order valence-electron chi connectivity index (χ3n) is 6.19. The molecule has 1 fully saturated rings. The van der Waals surface area contributed by atoms with E-state index in [1.807, 2.05) is 28.8 Å². The van der Waals surface area contributed by atoms with E-state index >= 15 is 0 Å². The summed E-state index contributed by atoms with van der Waals surface area (Å²) in [4.78, 5) is 38.2. The number of carbonyl (C=O) groups is 2. The quantitative estimate of drug-likeness (QED) is 0.372. The van der Waals surface area contributed by atoms with Gasteiger partial charge < -0.3 is 24.5 Å². The standard InChI is InChI=1S/C24H31N3O4S.C2HF3O2/c1-3-4-12-27-18-9-6-5-8-17(18)21-19(24(27)29)20(30-2)22(32-21)23(28)25-10-7-11-26-13-15-31-16-14-26;3-2(4,5)1(6)7/h5-6,8-9H,3-4,7,10-16H2,1-2H3,(H,25,28);(H,6,7). The van der Waals surface area contributed by atoms with E-state index in [4.69, 9.17) is 19.4 Å². The third-order valence-corrected chi connectivity index (χ3v) is 7.39. The van der Waals surface area contributed by atoms with Gasteiger partial charge >= 0.3 is 12.1 Å². The van der Waals surface area contributed by atoms with Gasteiger partial charge in [-0.2, -0.15) is 13.2 Å². The number of methoxy groups -OCH3 is 1. The number of morpholine rings is 1. The highest BCUT2D eigenvalue weighted by Crippen LogP contribution is 2.39. The lowest BCUT2D eigenvalue weighted by Gasteiger charge is -2.26. The lowest BCUT2D eigenvalue weighted by molar-refractivity contribution is -0.192. The monoisotopic (exact) mass is 571 g/mol. The predicted molar refractivity (Wildman–Crippen MR) is 143 cm³/mol. The van der Waals surface area contributed by atoms with E-state index in [0.29, 0.717) is 29.1 Å². The van der Waals surface area contributed by atoms with E-state index < -0.39 is 12.1 Å². The van der Waals surface area contributed by atoms with Crippen LogP contribution in [0.3, 0.4) is 0 Å². The number of nitrogens with zero attached hydrogens (tertiary/aromatic N) is 2. The zero-order chi connectivity index (χ0) is 28.6. The van der Waals surface area contributed by atoms with Crippen molar-refractivity contribution in [3.05, 3.63) is 39.5 Å². The van der Waals surface area contributed by atoms with E-state index in [0.717, 1.165) is 67.7 Å². The molecule has 3 heterocycles. The largest absolute Gasteiger partial charge is 0.494 e. The molecular weight excluding hydrogens is 539 g/mol. The number of pyridine rings is 1. The SMILES string of the molecule is CCCCn1c(=O)c2c(OC)c(C(=O)NCCCN3CCOCC3)sc2c2ccccc21.O=C(O)C(F)(F)F. The topological polar surface area (TPSA) is 110 Å². The number of unbranched alkanes of at least 4 members (excludes halogenated alkanes) is 1. The summed E-state index contributed by atoms with van der Waals surface area (Å²) in [6.45, 7) is 7.69. The van der Waals surface area contributed by atoms with Gasteiger partial charge in [-0.15, -0.1) is 11.3 Å². The number of hydrogen-bond acceptors (Lipinski definition) is 7. The highest BCUT2D eigenvalue weighted by Gasteiger charge is 2.38. The molecule has 3 aromatic rings. The lowest BCUT2D eigenvalue weighted by Crippen LogP contribution is -2.38. The minimum atomic E-state index is -5.08. The van der Waals surface area contributed by atoms with Crippen molar-refractivity contribution in [1.29, 1.82) is 0 Å². The van der Waals surface area contributed by atoms with Crippen molar-refractivity contribution in [2.45, 2.75) is 38.9 Å². The van der Waals surface area contributed by atoms with Crippen molar-refractivity contribution in [3.63, 3.8) is 0 Å². The fraction of sp³-hybridized carbons (Fsp3) is 0.500. The first kappa shape index (κ1) is 30.4. The van der Waals surface area contributed by atoms with Crippen LogP contribution in [-0.4, -0.2) is 79.1 Å². The minimum absolute atomic E-state index is 0.0911. The molecule has 214 valence electrons. The maximum absolute atomic E-state index is 13.4. The molecule has 39 heavy (non-hydrogen) atoms. The van der Waals surface area contributed by atoms with Crippen LogP contribution in [0, 0.1) is 0 Å². The first-order valence-electron chi connectivity index (χ1n) is 12.6. The third kappa shape index (κ3) is 7.49. The fourth-order valence-electron chi connectivity index (χ4n) is 4.24. The van der Waals surface area contributed by atoms with Crippen LogP contribution in [0.1, 0.15) is 35.9 Å². The second-order valence-corrected chi connectivity index (χ2v) is 9.88. The van der Waals surface area contributed by atoms with Crippen LogP contribution >= 0.6 is 11.3 Å². The molecule has 9 nitrogen and oxygen atoms in total. The number of benzene rings is 1. The number of carboxylic acids is 1. The Labute approximate surface area is 227 Å². The predicted octanol–water partition coefficient (Wildman–Crippen LogP) is 4.11. The molecule has 0 unspecified atom stereocenters. The van der Waals surface area contributed by atoms with E-state index in [1.54, 1.807) is 0 Å². The van der Waals surface area contributed by atoms with E-state index in [2.05, 4.69) is 17.1 Å². The summed E-state index contributed by atoms with van der Waals surface area (Å²) < 4.78 is 45.4. The van der Waals surface area contributed by atoms with Crippen LogP contribution in [0.15, 0.2) is 29.1 Å². The fourth-order valence-corrected chi connectivity index (χ4v) is 5.45. The first-order valence-corrected chi connectivity index (χ1v) is 13.4. The second-order valence-electron chi connectivity index (χ2n) is 8.86. The molecule has 1 aromatic carbocycles. The zero-order valence-electron chi connectivity index (χ0n) is 21.8. The first-order chi connectivity index (χ1) is 18.6. The van der Waals surface area contributed by atoms with Gasteiger partial charge in [-0.1, -0.05) is 31.5 Å². The number of nitrogens with one attached hydrogen (secondary N) is 1. The number of aryl methyl sites for hydroxylation is 1. The molecule has 0 bridgehead atoms. The Morgan fingerprint density at radius 3 is 2.44 bits per heavy atom. The van der Waals surface area contributed by atoms with Gasteiger partial charge in [0, 0.05) is 31.6 Å². The maximum Gasteiger partial charge on any atom is 0.490 e. The number of hydrogen-bond donors (Lipinski definition) is 2. The normalized spacial score (nSPS) is 14.2. The Kier molecular flexibility index (Phi) is 10.7. The molecule has 0 atom stereocenters. The van der Waals surface area contributed by atoms with Crippen LogP contribution in [0.4, 0.5) is 13.2 Å². The molecule has 0 saturated carbocycles. The summed E-state index contributed by atoms with van der Waals surface area (Å²) in [6, 6.07) is 7.90. The molecule has 1 saturated heterocycles. The minimum Gasteiger partial charge on any atom is -0.494 e. The van der Waals surface area contributed by atoms with Crippen molar-refractivity contribution in [2.24, 2.45) is 0 Å². The number of aromatic nitrogens is 1. The molecule has 2 aromatic heterocycles. The van der Waals surface area contributed by atoms with Crippen LogP contribution in [-0.2, 0) is 16.1 Å². The number of ether oxygens (including phenoxy) is 2. The number of carboxylic acid groups (broad SMARTS) is 1. The number of alkyl halides is 3. The van der Waals surface area contributed by atoms with Crippen molar-refractivity contribution >= 4 is 44.2 Å². The molecule has 0 spiro atoms. The van der Waals surface area contributed by atoms with Gasteiger partial charge in [0.25, 0.3) is 11.5 Å². The van der Waals surface area contributed by atoms with Crippen molar-refractivity contribution in [3.8, 4) is 5.75 Å². The molecule has 1 amide bonds. The van der Waals surface area contributed by atoms with Gasteiger partial charge in [0.05, 0.1) is 30.5 Å². The smallest absolute Gasteiger partial charge is 0.490 e. The number of thiophene rings is 1. The number of halogens is 3. The number of aliphatic carboxylic acids is 1. The Hall–Kier alpha value is -3.16. The molecular formula is C26H32F3N3O6S. The number of rotatable bonds is 9. The van der Waals surface area contributed by atoms with Crippen molar-refractivity contribution in [2.75, 3.05) is 46.5 Å². The van der Waals surface area contributed by atoms with E-state index in [9.17, 15) is 22.8 Å². The Bertz CT molecular complexity index is 1350. The van der Waals surface area contributed by atoms with Gasteiger partial charge in [-0.25, -0.2) is 4.79 Å². The number of para-hydroxylation sites is 1. The second kappa shape index (κ2) is 13.8. The number of carbonyl (C=O) groups excluding carboxylic acids is 1. The van der Waals surface area contributed by atoms with E-state index in [1.165, 1.54) is 18.4 Å². The number of fused-ring (bicyclic) bond motifs is 3. The summed E-state index contributed by atoms with van der Waals surface area (Å²) >= 11 is 1.34. The molecule has 2 N–H and O–H groups in total. The summed E-state index contributed by atoms with van der Waals surface area (Å²) in [5.74, 6) is -2.56. The van der Waals surface area contributed by atoms with Crippen molar-refractivity contribution in [1.82, 2.24) is 14.8 Å². The molecule has 0 aliphatic carbocycles. The molecule has 13 heteroatoms. The summed E-state index contributed by atoms with van der Waals surface area (Å²) in [7, 11) is 1.53. The van der Waals surface area contributed by atoms with Gasteiger partial charge in [-0.05, 0) is 25.5 Å². The Morgan fingerprint density at radius 1 is 1.15 bits per heavy atom. The molecule has 1 aliphatic rings. The highest BCUT2D eigenvalue weighted by molar-refractivity contribution is 7.22. The number of amides is 1. The Balaban J connectivity index is 0.000000532. The molecule has 4 rings (SSSR count). The van der Waals surface area contributed by atoms with Gasteiger partial charge in [0.2, 0.25) is 0 Å². The van der Waals surface area contributed by atoms with Crippen LogP contribution < -0.4 is 15.6 Å². The summed E-state index contributed by atoms with van der Waals surface area (Å²) in [5.41, 5.74) is 0.812. The maximum atomic E-state index is 13.4. The van der Waals surface area contributed by atoms with Crippen molar-refractivity contribution < 1.29 is 37.3 Å². The Morgan fingerprint density at radius 2 is 1.82 bits per heavy atom. The van der Waals surface area contributed by atoms with Crippen LogP contribution in [0.5, 0.6) is 5.75 Å². The molecule has 1 aliphatic heterocycles.